The van der Waals surface area contributed by atoms with Crippen LogP contribution in [0.2, 0.25) is 0 Å². The maximum atomic E-state index is 12.4. The van der Waals surface area contributed by atoms with E-state index in [2.05, 4.69) is 24.5 Å². The molecule has 0 saturated heterocycles. The van der Waals surface area contributed by atoms with Crippen LogP contribution in [0.15, 0.2) is 44.5 Å². The van der Waals surface area contributed by atoms with Gasteiger partial charge in [-0.05, 0) is 42.0 Å². The van der Waals surface area contributed by atoms with Gasteiger partial charge in [0.05, 0.1) is 23.6 Å². The molecule has 8 nitrogen and oxygen atoms in total. The first-order chi connectivity index (χ1) is 14.6. The van der Waals surface area contributed by atoms with Gasteiger partial charge in [-0.1, -0.05) is 19.9 Å². The average molecular weight is 423 g/mol. The molecular formula is C23H25N3O5. The summed E-state index contributed by atoms with van der Waals surface area (Å²) in [6, 6.07) is 6.26. The SMILES string of the molecule is CN(C)C(=O)c1cccc(Nc2c(NC3c4occc4CCC3(C)C)c(=O)c2=O)c1O. The number of aryl methyl sites for hydroxylation is 1. The number of hydrogen-bond donors (Lipinski definition) is 3. The Bertz CT molecular complexity index is 1230. The molecule has 2 aromatic carbocycles. The van der Waals surface area contributed by atoms with E-state index in [0.29, 0.717) is 0 Å². The molecule has 0 aliphatic heterocycles. The normalized spacial score (nSPS) is 17.2. The number of rotatable bonds is 5. The van der Waals surface area contributed by atoms with Crippen molar-refractivity contribution in [3.05, 3.63) is 67.9 Å². The molecule has 0 fully saturated rings. The Hall–Kier alpha value is -3.55. The summed E-state index contributed by atoms with van der Waals surface area (Å²) in [6.45, 7) is 4.16. The maximum Gasteiger partial charge on any atom is 0.257 e. The molecule has 1 atom stereocenters. The van der Waals surface area contributed by atoms with Crippen LogP contribution in [0.25, 0.3) is 0 Å². The molecule has 8 heteroatoms. The van der Waals surface area contributed by atoms with E-state index in [1.54, 1.807) is 26.4 Å². The van der Waals surface area contributed by atoms with Gasteiger partial charge >= 0.3 is 0 Å². The second kappa shape index (κ2) is 7.30. The molecule has 0 spiro atoms. The Morgan fingerprint density at radius 3 is 2.58 bits per heavy atom. The third kappa shape index (κ3) is 3.37. The Kier molecular flexibility index (Phi) is 4.88. The molecule has 1 aliphatic rings. The first kappa shape index (κ1) is 20.7. The fourth-order valence-corrected chi connectivity index (χ4v) is 4.01. The van der Waals surface area contributed by atoms with Crippen molar-refractivity contribution in [2.75, 3.05) is 24.7 Å². The summed E-state index contributed by atoms with van der Waals surface area (Å²) in [5, 5.41) is 16.6. The Balaban J connectivity index is 1.67. The smallest absolute Gasteiger partial charge is 0.257 e. The highest BCUT2D eigenvalue weighted by molar-refractivity contribution is 5.99. The standard InChI is InChI=1S/C23H25N3O5/c1-23(2)10-8-12-9-11-31-20(12)21(23)25-16-15(18(28)19(16)29)24-14-7-5-6-13(17(14)27)22(30)26(3)4/h5-7,9,11,21,24-25,27H,8,10H2,1-4H3. The van der Waals surface area contributed by atoms with Crippen LogP contribution in [-0.2, 0) is 6.42 Å². The zero-order valence-corrected chi connectivity index (χ0v) is 17.9. The lowest BCUT2D eigenvalue weighted by atomic mass is 9.73. The molecule has 1 aliphatic carbocycles. The topological polar surface area (TPSA) is 112 Å². The maximum absolute atomic E-state index is 12.4. The second-order valence-electron chi connectivity index (χ2n) is 8.81. The molecule has 0 saturated carbocycles. The molecule has 1 amide bonds. The summed E-state index contributed by atoms with van der Waals surface area (Å²) in [6.07, 6.45) is 3.41. The molecule has 1 aromatic heterocycles. The summed E-state index contributed by atoms with van der Waals surface area (Å²) in [7, 11) is 3.16. The van der Waals surface area contributed by atoms with Crippen LogP contribution in [0.5, 0.6) is 5.75 Å². The number of nitrogens with zero attached hydrogens (tertiary/aromatic N) is 1. The highest BCUT2D eigenvalue weighted by atomic mass is 16.3. The molecule has 1 heterocycles. The van der Waals surface area contributed by atoms with E-state index in [9.17, 15) is 19.5 Å². The third-order valence-corrected chi connectivity index (χ3v) is 5.99. The van der Waals surface area contributed by atoms with Crippen LogP contribution in [0.4, 0.5) is 17.1 Å². The van der Waals surface area contributed by atoms with Crippen molar-refractivity contribution in [2.24, 2.45) is 5.41 Å². The number of aromatic hydroxyl groups is 1. The monoisotopic (exact) mass is 423 g/mol. The van der Waals surface area contributed by atoms with Crippen LogP contribution < -0.4 is 21.5 Å². The molecule has 0 radical (unpaired) electrons. The van der Waals surface area contributed by atoms with E-state index in [0.717, 1.165) is 24.2 Å². The van der Waals surface area contributed by atoms with E-state index in [1.165, 1.54) is 17.0 Å². The van der Waals surface area contributed by atoms with Crippen molar-refractivity contribution in [1.82, 2.24) is 4.90 Å². The summed E-state index contributed by atoms with van der Waals surface area (Å²) in [5.74, 6) is 0.0991. The number of furan rings is 1. The van der Waals surface area contributed by atoms with Gasteiger partial charge in [0.15, 0.2) is 5.75 Å². The van der Waals surface area contributed by atoms with Gasteiger partial charge in [0.2, 0.25) is 0 Å². The van der Waals surface area contributed by atoms with Gasteiger partial charge in [0.25, 0.3) is 16.8 Å². The number of benzene rings is 1. The minimum absolute atomic E-state index is 0.0595. The van der Waals surface area contributed by atoms with E-state index < -0.39 is 10.9 Å². The van der Waals surface area contributed by atoms with Crippen molar-refractivity contribution in [2.45, 2.75) is 32.7 Å². The largest absolute Gasteiger partial charge is 0.505 e. The number of phenols is 1. The number of anilines is 3. The summed E-state index contributed by atoms with van der Waals surface area (Å²) < 4.78 is 5.69. The van der Waals surface area contributed by atoms with Crippen LogP contribution in [0.3, 0.4) is 0 Å². The number of hydrogen-bond acceptors (Lipinski definition) is 7. The van der Waals surface area contributed by atoms with Gasteiger partial charge < -0.3 is 25.1 Å². The lowest BCUT2D eigenvalue weighted by molar-refractivity contribution is 0.0824. The second-order valence-corrected chi connectivity index (χ2v) is 8.81. The van der Waals surface area contributed by atoms with Crippen LogP contribution in [0, 0.1) is 5.41 Å². The minimum Gasteiger partial charge on any atom is -0.505 e. The van der Waals surface area contributed by atoms with Gasteiger partial charge in [-0.3, -0.25) is 14.4 Å². The number of para-hydroxylation sites is 1. The van der Waals surface area contributed by atoms with Crippen LogP contribution in [-0.4, -0.2) is 30.0 Å². The first-order valence-corrected chi connectivity index (χ1v) is 10.1. The number of carbonyl (C=O) groups excluding carboxylic acids is 1. The molecule has 4 rings (SSSR count). The van der Waals surface area contributed by atoms with Crippen molar-refractivity contribution in [3.8, 4) is 5.75 Å². The predicted octanol–water partition coefficient (Wildman–Crippen LogP) is 3.15. The number of amides is 1. The lowest BCUT2D eigenvalue weighted by Crippen LogP contribution is -2.41. The van der Waals surface area contributed by atoms with E-state index in [4.69, 9.17) is 4.42 Å². The molecule has 162 valence electrons. The Morgan fingerprint density at radius 1 is 1.16 bits per heavy atom. The predicted molar refractivity (Wildman–Crippen MR) is 118 cm³/mol. The highest BCUT2D eigenvalue weighted by Gasteiger charge is 2.40. The number of phenolic OH excluding ortho intramolecular Hbond substituents is 1. The number of nitrogens with one attached hydrogen (secondary N) is 2. The molecular weight excluding hydrogens is 398 g/mol. The quantitative estimate of drug-likeness (QED) is 0.427. The first-order valence-electron chi connectivity index (χ1n) is 10.1. The summed E-state index contributed by atoms with van der Waals surface area (Å²) >= 11 is 0. The van der Waals surface area contributed by atoms with E-state index in [-0.39, 0.29) is 45.7 Å². The number of fused-ring (bicyclic) bond motifs is 1. The third-order valence-electron chi connectivity index (χ3n) is 5.99. The van der Waals surface area contributed by atoms with E-state index >= 15 is 0 Å². The molecule has 1 unspecified atom stereocenters. The molecule has 31 heavy (non-hydrogen) atoms. The van der Waals surface area contributed by atoms with Gasteiger partial charge in [-0.2, -0.15) is 0 Å². The zero-order chi connectivity index (χ0) is 22.5. The van der Waals surface area contributed by atoms with Gasteiger partial charge in [0.1, 0.15) is 17.1 Å². The van der Waals surface area contributed by atoms with Crippen LogP contribution >= 0.6 is 0 Å². The molecule has 3 N–H and O–H groups in total. The summed E-state index contributed by atoms with van der Waals surface area (Å²) in [5.41, 5.74) is 0.0397. The lowest BCUT2D eigenvalue weighted by Gasteiger charge is -2.38. The van der Waals surface area contributed by atoms with E-state index in [1.807, 2.05) is 6.07 Å². The minimum atomic E-state index is -0.681. The van der Waals surface area contributed by atoms with Gasteiger partial charge in [-0.25, -0.2) is 0 Å². The Morgan fingerprint density at radius 2 is 1.87 bits per heavy atom. The Labute approximate surface area is 179 Å². The van der Waals surface area contributed by atoms with Crippen molar-refractivity contribution in [3.63, 3.8) is 0 Å². The number of carbonyl (C=O) groups is 1. The zero-order valence-electron chi connectivity index (χ0n) is 17.9. The highest BCUT2D eigenvalue weighted by Crippen LogP contribution is 2.46. The van der Waals surface area contributed by atoms with Gasteiger partial charge in [0, 0.05) is 14.1 Å². The summed E-state index contributed by atoms with van der Waals surface area (Å²) in [4.78, 5) is 38.3. The van der Waals surface area contributed by atoms with Crippen LogP contribution in [0.1, 0.15) is 48.0 Å². The fourth-order valence-electron chi connectivity index (χ4n) is 4.01. The van der Waals surface area contributed by atoms with Crippen molar-refractivity contribution < 1.29 is 14.3 Å². The van der Waals surface area contributed by atoms with Gasteiger partial charge in [-0.15, -0.1) is 0 Å². The average Bonchev–Trinajstić information content (AvgIpc) is 3.20. The van der Waals surface area contributed by atoms with Crippen molar-refractivity contribution in [1.29, 1.82) is 0 Å². The molecule has 0 bridgehead atoms. The fraction of sp³-hybridized carbons (Fsp3) is 0.348. The van der Waals surface area contributed by atoms with Crippen molar-refractivity contribution >= 4 is 23.0 Å². The molecule has 3 aromatic rings.